The molecule has 1 N–H and O–H groups in total. The van der Waals surface area contributed by atoms with E-state index in [2.05, 4.69) is 25.3 Å². The summed E-state index contributed by atoms with van der Waals surface area (Å²) in [7, 11) is 1.69. The first-order chi connectivity index (χ1) is 13.9. The molecule has 0 spiro atoms. The molecule has 7 nitrogen and oxygen atoms in total. The Morgan fingerprint density at radius 3 is 2.62 bits per heavy atom. The average molecular weight is 411 g/mol. The van der Waals surface area contributed by atoms with Gasteiger partial charge in [0, 0.05) is 57.9 Å². The fourth-order valence-electron chi connectivity index (χ4n) is 3.12. The van der Waals surface area contributed by atoms with E-state index in [1.807, 2.05) is 6.07 Å². The van der Waals surface area contributed by atoms with E-state index in [1.54, 1.807) is 31.5 Å². The fourth-order valence-corrected chi connectivity index (χ4v) is 3.12. The SMILES string of the molecule is CN=C(NCc1ccccc1OCC(F)(F)F)N1CCN(Cc2ccon2)CC1. The summed E-state index contributed by atoms with van der Waals surface area (Å²) in [6.45, 7) is 3.00. The van der Waals surface area contributed by atoms with Crippen LogP contribution in [0, 0.1) is 0 Å². The number of rotatable bonds is 6. The van der Waals surface area contributed by atoms with Crippen LogP contribution in [0.15, 0.2) is 46.1 Å². The number of alkyl halides is 3. The fraction of sp³-hybridized carbons (Fsp3) is 0.474. The quantitative estimate of drug-likeness (QED) is 0.582. The van der Waals surface area contributed by atoms with Gasteiger partial charge in [-0.15, -0.1) is 0 Å². The monoisotopic (exact) mass is 411 g/mol. The van der Waals surface area contributed by atoms with Crippen LogP contribution < -0.4 is 10.1 Å². The van der Waals surface area contributed by atoms with E-state index in [0.717, 1.165) is 38.4 Å². The van der Waals surface area contributed by atoms with Gasteiger partial charge in [0.05, 0.1) is 5.69 Å². The molecule has 1 aromatic heterocycles. The summed E-state index contributed by atoms with van der Waals surface area (Å²) in [5.41, 5.74) is 1.54. The van der Waals surface area contributed by atoms with Crippen LogP contribution in [0.25, 0.3) is 0 Å². The Morgan fingerprint density at radius 1 is 1.21 bits per heavy atom. The zero-order valence-electron chi connectivity index (χ0n) is 16.2. The van der Waals surface area contributed by atoms with Crippen LogP contribution in [0.1, 0.15) is 11.3 Å². The molecule has 0 radical (unpaired) electrons. The van der Waals surface area contributed by atoms with Crippen LogP contribution in [0.5, 0.6) is 5.75 Å². The van der Waals surface area contributed by atoms with Crippen molar-refractivity contribution in [1.82, 2.24) is 20.3 Å². The highest BCUT2D eigenvalue weighted by Crippen LogP contribution is 2.22. The molecule has 0 unspecified atom stereocenters. The van der Waals surface area contributed by atoms with Gasteiger partial charge in [-0.05, 0) is 6.07 Å². The number of benzene rings is 1. The van der Waals surface area contributed by atoms with E-state index in [9.17, 15) is 13.2 Å². The molecule has 2 heterocycles. The maximum Gasteiger partial charge on any atom is 0.422 e. The third-order valence-electron chi connectivity index (χ3n) is 4.56. The Balaban J connectivity index is 1.51. The van der Waals surface area contributed by atoms with E-state index in [0.29, 0.717) is 18.1 Å². The lowest BCUT2D eigenvalue weighted by atomic mass is 10.2. The molecule has 10 heteroatoms. The number of hydrogen-bond donors (Lipinski definition) is 1. The maximum atomic E-state index is 12.5. The number of aliphatic imine (C=N–C) groups is 1. The molecular formula is C19H24F3N5O2. The Labute approximate surface area is 167 Å². The number of ether oxygens (including phenoxy) is 1. The lowest BCUT2D eigenvalue weighted by molar-refractivity contribution is -0.153. The van der Waals surface area contributed by atoms with Gasteiger partial charge in [0.1, 0.15) is 12.0 Å². The predicted octanol–water partition coefficient (Wildman–Crippen LogP) is 2.51. The van der Waals surface area contributed by atoms with Crippen LogP contribution in [0.3, 0.4) is 0 Å². The average Bonchev–Trinajstić information content (AvgIpc) is 3.21. The predicted molar refractivity (Wildman–Crippen MR) is 102 cm³/mol. The molecule has 1 fully saturated rings. The highest BCUT2D eigenvalue weighted by Gasteiger charge is 2.28. The zero-order valence-corrected chi connectivity index (χ0v) is 16.2. The highest BCUT2D eigenvalue weighted by atomic mass is 19.4. The van der Waals surface area contributed by atoms with Gasteiger partial charge in [0.25, 0.3) is 0 Å². The Bertz CT molecular complexity index is 787. The molecule has 1 aromatic carbocycles. The van der Waals surface area contributed by atoms with Crippen LogP contribution in [0.4, 0.5) is 13.2 Å². The van der Waals surface area contributed by atoms with E-state index < -0.39 is 12.8 Å². The zero-order chi connectivity index (χ0) is 20.7. The van der Waals surface area contributed by atoms with Crippen molar-refractivity contribution in [3.63, 3.8) is 0 Å². The molecule has 0 aliphatic carbocycles. The second-order valence-corrected chi connectivity index (χ2v) is 6.67. The summed E-state index contributed by atoms with van der Waals surface area (Å²) in [6.07, 6.45) is -2.81. The molecule has 2 aromatic rings. The molecule has 1 aliphatic heterocycles. The molecular weight excluding hydrogens is 387 g/mol. The van der Waals surface area contributed by atoms with E-state index in [4.69, 9.17) is 9.26 Å². The molecule has 29 heavy (non-hydrogen) atoms. The topological polar surface area (TPSA) is 66.1 Å². The summed E-state index contributed by atoms with van der Waals surface area (Å²) in [5.74, 6) is 0.918. The highest BCUT2D eigenvalue weighted by molar-refractivity contribution is 5.80. The standard InChI is InChI=1S/C19H24F3N5O2/c1-23-18(27-9-7-26(8-10-27)13-16-6-11-29-25-16)24-12-15-4-2-3-5-17(15)28-14-19(20,21)22/h2-6,11H,7-10,12-14H2,1H3,(H,23,24). The third-order valence-corrected chi connectivity index (χ3v) is 4.56. The van der Waals surface area contributed by atoms with Crippen LogP contribution >= 0.6 is 0 Å². The van der Waals surface area contributed by atoms with Gasteiger partial charge in [-0.25, -0.2) is 0 Å². The van der Waals surface area contributed by atoms with Crippen molar-refractivity contribution in [1.29, 1.82) is 0 Å². The number of aromatic nitrogens is 1. The number of nitrogens with one attached hydrogen (secondary N) is 1. The molecule has 0 saturated carbocycles. The number of para-hydroxylation sites is 1. The molecule has 158 valence electrons. The maximum absolute atomic E-state index is 12.5. The summed E-state index contributed by atoms with van der Waals surface area (Å²) in [6, 6.07) is 8.54. The number of halogens is 3. The Kier molecular flexibility index (Phi) is 6.97. The third kappa shape index (κ3) is 6.38. The van der Waals surface area contributed by atoms with Crippen molar-refractivity contribution >= 4 is 5.96 Å². The first kappa shape index (κ1) is 21.0. The molecule has 0 atom stereocenters. The molecule has 1 saturated heterocycles. The first-order valence-electron chi connectivity index (χ1n) is 9.29. The van der Waals surface area contributed by atoms with Crippen LogP contribution in [-0.4, -0.2) is 66.9 Å². The van der Waals surface area contributed by atoms with Gasteiger partial charge in [0.15, 0.2) is 12.6 Å². The first-order valence-corrected chi connectivity index (χ1v) is 9.29. The lowest BCUT2D eigenvalue weighted by Crippen LogP contribution is -2.52. The minimum atomic E-state index is -4.37. The normalized spacial score (nSPS) is 16.1. The van der Waals surface area contributed by atoms with Crippen molar-refractivity contribution < 1.29 is 22.4 Å². The van der Waals surface area contributed by atoms with Crippen molar-refractivity contribution in [3.8, 4) is 5.75 Å². The Morgan fingerprint density at radius 2 is 1.97 bits per heavy atom. The number of guanidine groups is 1. The van der Waals surface area contributed by atoms with Crippen LogP contribution in [-0.2, 0) is 13.1 Å². The van der Waals surface area contributed by atoms with Gasteiger partial charge in [-0.1, -0.05) is 23.4 Å². The minimum absolute atomic E-state index is 0.213. The van der Waals surface area contributed by atoms with Gasteiger partial charge in [-0.2, -0.15) is 13.2 Å². The van der Waals surface area contributed by atoms with E-state index >= 15 is 0 Å². The number of nitrogens with zero attached hydrogens (tertiary/aromatic N) is 4. The van der Waals surface area contributed by atoms with Gasteiger partial charge in [0.2, 0.25) is 0 Å². The van der Waals surface area contributed by atoms with Crippen LogP contribution in [0.2, 0.25) is 0 Å². The number of piperazine rings is 1. The van der Waals surface area contributed by atoms with E-state index in [-0.39, 0.29) is 5.75 Å². The van der Waals surface area contributed by atoms with Crippen molar-refractivity contribution in [3.05, 3.63) is 47.9 Å². The molecule has 3 rings (SSSR count). The van der Waals surface area contributed by atoms with Crippen molar-refractivity contribution in [2.45, 2.75) is 19.3 Å². The van der Waals surface area contributed by atoms with Crippen molar-refractivity contribution in [2.75, 3.05) is 39.8 Å². The lowest BCUT2D eigenvalue weighted by Gasteiger charge is -2.36. The molecule has 1 aliphatic rings. The Hall–Kier alpha value is -2.75. The summed E-state index contributed by atoms with van der Waals surface area (Å²) in [4.78, 5) is 8.71. The van der Waals surface area contributed by atoms with Crippen molar-refractivity contribution in [2.24, 2.45) is 4.99 Å². The van der Waals surface area contributed by atoms with Gasteiger partial charge < -0.3 is 19.5 Å². The largest absolute Gasteiger partial charge is 0.484 e. The molecule has 0 bridgehead atoms. The van der Waals surface area contributed by atoms with Gasteiger partial charge >= 0.3 is 6.18 Å². The smallest absolute Gasteiger partial charge is 0.422 e. The second-order valence-electron chi connectivity index (χ2n) is 6.67. The summed E-state index contributed by atoms with van der Waals surface area (Å²) < 4.78 is 47.2. The van der Waals surface area contributed by atoms with Gasteiger partial charge in [-0.3, -0.25) is 9.89 Å². The summed E-state index contributed by atoms with van der Waals surface area (Å²) >= 11 is 0. The summed E-state index contributed by atoms with van der Waals surface area (Å²) in [5, 5.41) is 7.16. The number of hydrogen-bond acceptors (Lipinski definition) is 5. The minimum Gasteiger partial charge on any atom is -0.484 e. The second kappa shape index (κ2) is 9.64. The molecule has 0 amide bonds. The van der Waals surface area contributed by atoms with E-state index in [1.165, 1.54) is 6.07 Å².